The Balaban J connectivity index is 1.56. The topological polar surface area (TPSA) is 63.6 Å². The van der Waals surface area contributed by atoms with Crippen molar-refractivity contribution in [3.8, 4) is 5.75 Å². The second-order valence-corrected chi connectivity index (χ2v) is 8.59. The minimum atomic E-state index is -4.92. The molecule has 1 aromatic heterocycles. The second kappa shape index (κ2) is 7.95. The van der Waals surface area contributed by atoms with Crippen molar-refractivity contribution >= 4 is 11.7 Å². The van der Waals surface area contributed by atoms with E-state index in [2.05, 4.69) is 5.32 Å². The van der Waals surface area contributed by atoms with Crippen LogP contribution in [0.5, 0.6) is 5.75 Å². The van der Waals surface area contributed by atoms with Crippen LogP contribution in [0.4, 0.5) is 13.2 Å². The number of amides is 1. The van der Waals surface area contributed by atoms with Gasteiger partial charge in [-0.3, -0.25) is 9.59 Å². The molecule has 0 bridgehead atoms. The number of piperidine rings is 1. The number of nitrogens with one attached hydrogen (secondary N) is 1. The van der Waals surface area contributed by atoms with Crippen LogP contribution >= 0.6 is 0 Å². The summed E-state index contributed by atoms with van der Waals surface area (Å²) in [4.78, 5) is 26.7. The van der Waals surface area contributed by atoms with Crippen LogP contribution in [-0.2, 0) is 5.54 Å². The van der Waals surface area contributed by atoms with E-state index in [4.69, 9.17) is 4.74 Å². The van der Waals surface area contributed by atoms with Gasteiger partial charge >= 0.3 is 6.18 Å². The number of likely N-dealkylation sites (tertiary alicyclic amines) is 1. The predicted octanol–water partition coefficient (Wildman–Crippen LogP) is 3.85. The highest BCUT2D eigenvalue weighted by Gasteiger charge is 2.47. The maximum absolute atomic E-state index is 13.1. The van der Waals surface area contributed by atoms with Gasteiger partial charge in [-0.15, -0.1) is 0 Å². The Morgan fingerprint density at radius 2 is 1.84 bits per heavy atom. The first kappa shape index (κ1) is 22.4. The number of nitrogens with zero attached hydrogens (tertiary/aromatic N) is 2. The highest BCUT2D eigenvalue weighted by molar-refractivity contribution is 5.99. The highest BCUT2D eigenvalue weighted by atomic mass is 19.4. The Labute approximate surface area is 184 Å². The molecule has 2 aliphatic heterocycles. The molecule has 1 fully saturated rings. The van der Waals surface area contributed by atoms with E-state index in [1.807, 2.05) is 6.92 Å². The highest BCUT2D eigenvalue weighted by Crippen LogP contribution is 2.40. The third kappa shape index (κ3) is 3.68. The summed E-state index contributed by atoms with van der Waals surface area (Å²) in [7, 11) is 1.58. The number of ketones is 1. The smallest absolute Gasteiger partial charge is 0.456 e. The van der Waals surface area contributed by atoms with Crippen molar-refractivity contribution < 1.29 is 27.5 Å². The zero-order chi connectivity index (χ0) is 23.3. The molecule has 2 aromatic rings. The third-order valence-corrected chi connectivity index (χ3v) is 6.62. The number of rotatable bonds is 3. The minimum Gasteiger partial charge on any atom is -0.496 e. The summed E-state index contributed by atoms with van der Waals surface area (Å²) in [5, 5.41) is 3.49. The van der Waals surface area contributed by atoms with Crippen molar-refractivity contribution in [3.05, 3.63) is 52.8 Å². The van der Waals surface area contributed by atoms with E-state index < -0.39 is 17.5 Å². The fourth-order valence-electron chi connectivity index (χ4n) is 4.89. The lowest BCUT2D eigenvalue weighted by Crippen LogP contribution is -2.57. The van der Waals surface area contributed by atoms with Crippen LogP contribution in [-0.4, -0.2) is 54.1 Å². The molecule has 1 N–H and O–H groups in total. The summed E-state index contributed by atoms with van der Waals surface area (Å²) in [5.41, 5.74) is 1.23. The first-order chi connectivity index (χ1) is 15.1. The molecule has 0 saturated carbocycles. The number of aromatic nitrogens is 1. The summed E-state index contributed by atoms with van der Waals surface area (Å²) in [6.45, 7) is 5.03. The molecule has 4 rings (SSSR count). The number of fused-ring (bicyclic) bond motifs is 2. The lowest BCUT2D eigenvalue weighted by Gasteiger charge is -2.47. The second-order valence-electron chi connectivity index (χ2n) is 8.59. The Hall–Kier alpha value is -2.81. The first-order valence-electron chi connectivity index (χ1n) is 10.6. The van der Waals surface area contributed by atoms with Gasteiger partial charge in [-0.25, -0.2) is 0 Å². The van der Waals surface area contributed by atoms with E-state index in [0.717, 1.165) is 5.56 Å². The van der Waals surface area contributed by atoms with Crippen molar-refractivity contribution in [2.45, 2.75) is 44.4 Å². The van der Waals surface area contributed by atoms with E-state index in [9.17, 15) is 22.8 Å². The summed E-state index contributed by atoms with van der Waals surface area (Å²) in [6.07, 6.45) is -3.83. The third-order valence-electron chi connectivity index (χ3n) is 6.62. The molecule has 32 heavy (non-hydrogen) atoms. The molecule has 0 radical (unpaired) electrons. The molecule has 0 aliphatic carbocycles. The number of Topliss-reactive ketones (excluding diaryl/α,β-unsaturated/α-hetero) is 1. The summed E-state index contributed by atoms with van der Waals surface area (Å²) in [6, 6.07) is 7.91. The van der Waals surface area contributed by atoms with Crippen molar-refractivity contribution in [2.24, 2.45) is 0 Å². The summed E-state index contributed by atoms with van der Waals surface area (Å²) >= 11 is 0. The zero-order valence-corrected chi connectivity index (χ0v) is 18.3. The van der Waals surface area contributed by atoms with E-state index >= 15 is 0 Å². The van der Waals surface area contributed by atoms with Crippen LogP contribution < -0.4 is 10.1 Å². The Morgan fingerprint density at radius 1 is 1.16 bits per heavy atom. The number of aryl methyl sites for hydroxylation is 1. The average Bonchev–Trinajstić information content (AvgIpc) is 3.22. The minimum absolute atomic E-state index is 0.0851. The number of hydrogen-bond acceptors (Lipinski definition) is 4. The number of alkyl halides is 3. The molecule has 1 unspecified atom stereocenters. The maximum atomic E-state index is 13.1. The number of carbonyl (C=O) groups is 2. The molecule has 6 nitrogen and oxygen atoms in total. The van der Waals surface area contributed by atoms with Crippen molar-refractivity contribution in [1.29, 1.82) is 0 Å². The zero-order valence-electron chi connectivity index (χ0n) is 18.3. The number of methoxy groups -OCH3 is 1. The molecular formula is C23H26F3N3O3. The first-order valence-corrected chi connectivity index (χ1v) is 10.6. The van der Waals surface area contributed by atoms with E-state index in [1.165, 1.54) is 10.6 Å². The molecule has 1 aromatic carbocycles. The SMILES string of the molecule is COc1ccc(C(=O)N2CCC3(CC2)NCC(C)n2c(C(=O)C(F)(F)F)ccc23)cc1C. The molecule has 9 heteroatoms. The number of hydrogen-bond donors (Lipinski definition) is 1. The molecule has 2 aliphatic rings. The van der Waals surface area contributed by atoms with E-state index in [-0.39, 0.29) is 17.6 Å². The number of halogens is 3. The lowest BCUT2D eigenvalue weighted by atomic mass is 9.82. The van der Waals surface area contributed by atoms with Crippen LogP contribution in [0, 0.1) is 6.92 Å². The van der Waals surface area contributed by atoms with E-state index in [0.29, 0.717) is 49.5 Å². The molecule has 1 amide bonds. The van der Waals surface area contributed by atoms with Crippen LogP contribution in [0.1, 0.15) is 57.9 Å². The quantitative estimate of drug-likeness (QED) is 0.724. The van der Waals surface area contributed by atoms with Crippen molar-refractivity contribution in [3.63, 3.8) is 0 Å². The van der Waals surface area contributed by atoms with Gasteiger partial charge in [0.15, 0.2) is 0 Å². The largest absolute Gasteiger partial charge is 0.496 e. The fraction of sp³-hybridized carbons (Fsp3) is 0.478. The van der Waals surface area contributed by atoms with Crippen LogP contribution in [0.25, 0.3) is 0 Å². The van der Waals surface area contributed by atoms with Crippen LogP contribution in [0.3, 0.4) is 0 Å². The molecule has 1 atom stereocenters. The van der Waals surface area contributed by atoms with Gasteiger partial charge in [0.1, 0.15) is 5.75 Å². The maximum Gasteiger partial charge on any atom is 0.456 e. The molecule has 1 saturated heterocycles. The summed E-state index contributed by atoms with van der Waals surface area (Å²) < 4.78 is 46.0. The van der Waals surface area contributed by atoms with Gasteiger partial charge in [-0.05, 0) is 62.6 Å². The standard InChI is InChI=1S/C23H26F3N3O3/c1-14-12-16(4-6-18(14)32-3)21(31)28-10-8-22(9-11-28)19-7-5-17(20(30)23(24,25)26)29(19)15(2)13-27-22/h4-7,12,15,27H,8-11,13H2,1-3H3. The predicted molar refractivity (Wildman–Crippen MR) is 112 cm³/mol. The Morgan fingerprint density at radius 3 is 2.44 bits per heavy atom. The van der Waals surface area contributed by atoms with Crippen molar-refractivity contribution in [1.82, 2.24) is 14.8 Å². The molecule has 3 heterocycles. The average molecular weight is 449 g/mol. The van der Waals surface area contributed by atoms with Gasteiger partial charge in [0.05, 0.1) is 18.3 Å². The Kier molecular flexibility index (Phi) is 5.56. The number of benzene rings is 1. The number of carbonyl (C=O) groups excluding carboxylic acids is 2. The number of ether oxygens (including phenoxy) is 1. The molecule has 172 valence electrons. The monoisotopic (exact) mass is 449 g/mol. The van der Waals surface area contributed by atoms with Crippen molar-refractivity contribution in [2.75, 3.05) is 26.7 Å². The van der Waals surface area contributed by atoms with Gasteiger partial charge < -0.3 is 19.5 Å². The summed E-state index contributed by atoms with van der Waals surface area (Å²) in [5.74, 6) is -1.20. The molecular weight excluding hydrogens is 423 g/mol. The Bertz CT molecular complexity index is 1050. The van der Waals surface area contributed by atoms with Gasteiger partial charge in [0.2, 0.25) is 0 Å². The van der Waals surface area contributed by atoms with Gasteiger partial charge in [-0.2, -0.15) is 13.2 Å². The van der Waals surface area contributed by atoms with E-state index in [1.54, 1.807) is 43.2 Å². The van der Waals surface area contributed by atoms with Gasteiger partial charge in [-0.1, -0.05) is 0 Å². The lowest BCUT2D eigenvalue weighted by molar-refractivity contribution is -0.0892. The fourth-order valence-corrected chi connectivity index (χ4v) is 4.89. The van der Waals surface area contributed by atoms with Crippen LogP contribution in [0.2, 0.25) is 0 Å². The van der Waals surface area contributed by atoms with Crippen LogP contribution in [0.15, 0.2) is 30.3 Å². The van der Waals surface area contributed by atoms with Gasteiger partial charge in [0, 0.05) is 36.9 Å². The molecule has 1 spiro atoms. The normalized spacial score (nSPS) is 20.2. The van der Waals surface area contributed by atoms with Gasteiger partial charge in [0.25, 0.3) is 11.7 Å².